The fraction of sp³-hybridized carbons (Fsp3) is 0. The summed E-state index contributed by atoms with van der Waals surface area (Å²) in [5.74, 6) is 0. The highest BCUT2D eigenvalue weighted by atomic mass is 14.6. The van der Waals surface area contributed by atoms with E-state index < -0.39 is 0 Å². The van der Waals surface area contributed by atoms with Gasteiger partial charge in [0.15, 0.2) is 0 Å². The van der Waals surface area contributed by atoms with Crippen molar-refractivity contribution in [1.29, 1.82) is 0 Å². The van der Waals surface area contributed by atoms with Crippen LogP contribution in [0.5, 0.6) is 0 Å². The molecule has 1 nitrogen and oxygen atoms in total. The summed E-state index contributed by atoms with van der Waals surface area (Å²) in [5.41, 5.74) is 9.62. The van der Waals surface area contributed by atoms with Gasteiger partial charge in [0.25, 0.3) is 0 Å². The SMILES string of the molecule is c1ccc(-c2cncc(-c3ccc(-c4c5ccccc5c(-c5cccc6ccccc56)c5ccccc45)cc3)c2)cc1. The number of aromatic nitrogens is 1. The molecule has 1 heteroatoms. The molecule has 0 radical (unpaired) electrons. The third-order valence-corrected chi connectivity index (χ3v) is 8.34. The number of hydrogen-bond acceptors (Lipinski definition) is 1. The molecule has 0 aliphatic heterocycles. The van der Waals surface area contributed by atoms with Gasteiger partial charge in [0.1, 0.15) is 0 Å². The van der Waals surface area contributed by atoms with Crippen molar-refractivity contribution in [3.8, 4) is 44.5 Å². The second kappa shape index (κ2) is 10.1. The van der Waals surface area contributed by atoms with Gasteiger partial charge in [0, 0.05) is 23.5 Å². The van der Waals surface area contributed by atoms with Gasteiger partial charge in [-0.05, 0) is 71.8 Å². The lowest BCUT2D eigenvalue weighted by Gasteiger charge is -2.19. The largest absolute Gasteiger partial charge is 0.263 e. The van der Waals surface area contributed by atoms with Gasteiger partial charge in [0.2, 0.25) is 0 Å². The van der Waals surface area contributed by atoms with Crippen molar-refractivity contribution in [1.82, 2.24) is 4.98 Å². The molecule has 42 heavy (non-hydrogen) atoms. The molecule has 0 fully saturated rings. The number of hydrogen-bond donors (Lipinski definition) is 0. The van der Waals surface area contributed by atoms with E-state index in [0.29, 0.717) is 0 Å². The molecule has 0 aliphatic carbocycles. The van der Waals surface area contributed by atoms with Crippen molar-refractivity contribution in [3.63, 3.8) is 0 Å². The number of rotatable bonds is 4. The molecule has 1 heterocycles. The van der Waals surface area contributed by atoms with Crippen molar-refractivity contribution >= 4 is 32.3 Å². The zero-order valence-corrected chi connectivity index (χ0v) is 23.0. The second-order valence-corrected chi connectivity index (χ2v) is 10.8. The van der Waals surface area contributed by atoms with Gasteiger partial charge in [-0.2, -0.15) is 0 Å². The van der Waals surface area contributed by atoms with E-state index in [0.717, 1.165) is 16.7 Å². The van der Waals surface area contributed by atoms with E-state index in [9.17, 15) is 0 Å². The maximum atomic E-state index is 4.56. The number of pyridine rings is 1. The molecule has 0 aliphatic rings. The predicted octanol–water partition coefficient (Wildman–Crippen LogP) is 11.2. The first-order chi connectivity index (χ1) is 20.8. The highest BCUT2D eigenvalue weighted by Crippen LogP contribution is 2.45. The quantitative estimate of drug-likeness (QED) is 0.205. The van der Waals surface area contributed by atoms with E-state index in [2.05, 4.69) is 151 Å². The molecular weight excluding hydrogens is 506 g/mol. The van der Waals surface area contributed by atoms with Gasteiger partial charge >= 0.3 is 0 Å². The number of nitrogens with zero attached hydrogens (tertiary/aromatic N) is 1. The lowest BCUT2D eigenvalue weighted by Crippen LogP contribution is -1.91. The third kappa shape index (κ3) is 4.06. The molecule has 1 aromatic heterocycles. The average molecular weight is 534 g/mol. The monoisotopic (exact) mass is 533 g/mol. The normalized spacial score (nSPS) is 11.3. The maximum Gasteiger partial charge on any atom is 0.0346 e. The summed E-state index contributed by atoms with van der Waals surface area (Å²) >= 11 is 0. The van der Waals surface area contributed by atoms with Gasteiger partial charge in [-0.1, -0.05) is 146 Å². The van der Waals surface area contributed by atoms with Crippen LogP contribution in [0.25, 0.3) is 76.8 Å². The Kier molecular flexibility index (Phi) is 5.86. The van der Waals surface area contributed by atoms with Crippen LogP contribution in [0, 0.1) is 0 Å². The fourth-order valence-corrected chi connectivity index (χ4v) is 6.39. The zero-order valence-electron chi connectivity index (χ0n) is 23.0. The Morgan fingerprint density at radius 1 is 0.310 bits per heavy atom. The maximum absolute atomic E-state index is 4.56. The van der Waals surface area contributed by atoms with Crippen LogP contribution >= 0.6 is 0 Å². The molecule has 0 atom stereocenters. The van der Waals surface area contributed by atoms with Crippen LogP contribution in [0.1, 0.15) is 0 Å². The Labute approximate surface area is 245 Å². The summed E-state index contributed by atoms with van der Waals surface area (Å²) < 4.78 is 0. The van der Waals surface area contributed by atoms with Gasteiger partial charge < -0.3 is 0 Å². The van der Waals surface area contributed by atoms with E-state index in [1.54, 1.807) is 0 Å². The van der Waals surface area contributed by atoms with Gasteiger partial charge in [-0.25, -0.2) is 0 Å². The zero-order chi connectivity index (χ0) is 27.9. The van der Waals surface area contributed by atoms with E-state index in [1.807, 2.05) is 18.5 Å². The first kappa shape index (κ1) is 24.3. The minimum Gasteiger partial charge on any atom is -0.263 e. The van der Waals surface area contributed by atoms with Crippen molar-refractivity contribution in [2.24, 2.45) is 0 Å². The molecule has 0 amide bonds. The molecule has 0 bridgehead atoms. The van der Waals surface area contributed by atoms with E-state index in [-0.39, 0.29) is 0 Å². The van der Waals surface area contributed by atoms with Gasteiger partial charge in [-0.15, -0.1) is 0 Å². The van der Waals surface area contributed by atoms with Crippen LogP contribution < -0.4 is 0 Å². The van der Waals surface area contributed by atoms with Crippen LogP contribution in [0.3, 0.4) is 0 Å². The van der Waals surface area contributed by atoms with Crippen LogP contribution in [0.4, 0.5) is 0 Å². The predicted molar refractivity (Wildman–Crippen MR) is 178 cm³/mol. The summed E-state index contributed by atoms with van der Waals surface area (Å²) in [4.78, 5) is 4.56. The first-order valence-corrected chi connectivity index (χ1v) is 14.4. The Balaban J connectivity index is 1.32. The van der Waals surface area contributed by atoms with Crippen LogP contribution in [0.15, 0.2) is 164 Å². The van der Waals surface area contributed by atoms with Crippen LogP contribution in [-0.2, 0) is 0 Å². The molecule has 7 aromatic carbocycles. The molecule has 8 rings (SSSR count). The highest BCUT2D eigenvalue weighted by molar-refractivity contribution is 6.23. The average Bonchev–Trinajstić information content (AvgIpc) is 3.07. The molecule has 0 spiro atoms. The van der Waals surface area contributed by atoms with E-state index in [4.69, 9.17) is 0 Å². The molecule has 0 saturated heterocycles. The number of benzene rings is 7. The number of fused-ring (bicyclic) bond motifs is 3. The van der Waals surface area contributed by atoms with Gasteiger partial charge in [-0.3, -0.25) is 4.98 Å². The van der Waals surface area contributed by atoms with E-state index in [1.165, 1.54) is 60.1 Å². The summed E-state index contributed by atoms with van der Waals surface area (Å²) in [7, 11) is 0. The highest BCUT2D eigenvalue weighted by Gasteiger charge is 2.17. The van der Waals surface area contributed by atoms with Crippen molar-refractivity contribution in [3.05, 3.63) is 164 Å². The second-order valence-electron chi connectivity index (χ2n) is 10.8. The Hall–Kier alpha value is -5.53. The Morgan fingerprint density at radius 3 is 1.43 bits per heavy atom. The first-order valence-electron chi connectivity index (χ1n) is 14.4. The van der Waals surface area contributed by atoms with Crippen molar-refractivity contribution < 1.29 is 0 Å². The third-order valence-electron chi connectivity index (χ3n) is 8.34. The summed E-state index contributed by atoms with van der Waals surface area (Å²) in [6.45, 7) is 0. The van der Waals surface area contributed by atoms with Crippen LogP contribution in [0.2, 0.25) is 0 Å². The summed E-state index contributed by atoms with van der Waals surface area (Å²) in [6, 6.07) is 54.7. The fourth-order valence-electron chi connectivity index (χ4n) is 6.39. The standard InChI is InChI=1S/C41H27N/c1-2-11-28(12-3-1)32-25-33(27-42-26-32)29-21-23-31(24-22-29)40-36-16-6-8-18-38(36)41(39-19-9-7-17-37(39)40)35-20-10-14-30-13-4-5-15-34(30)35/h1-27H. The lowest BCUT2D eigenvalue weighted by atomic mass is 9.84. The molecule has 0 saturated carbocycles. The molecule has 8 aromatic rings. The van der Waals surface area contributed by atoms with E-state index >= 15 is 0 Å². The summed E-state index contributed by atoms with van der Waals surface area (Å²) in [6.07, 6.45) is 3.88. The Bertz CT molecular complexity index is 2170. The van der Waals surface area contributed by atoms with Gasteiger partial charge in [0.05, 0.1) is 0 Å². The Morgan fingerprint density at radius 2 is 0.786 bits per heavy atom. The molecule has 0 N–H and O–H groups in total. The summed E-state index contributed by atoms with van der Waals surface area (Å²) in [5, 5.41) is 7.60. The van der Waals surface area contributed by atoms with Crippen molar-refractivity contribution in [2.75, 3.05) is 0 Å². The van der Waals surface area contributed by atoms with Crippen LogP contribution in [-0.4, -0.2) is 4.98 Å². The minimum atomic E-state index is 1.11. The molecule has 0 unspecified atom stereocenters. The lowest BCUT2D eigenvalue weighted by molar-refractivity contribution is 1.33. The smallest absolute Gasteiger partial charge is 0.0346 e. The minimum absolute atomic E-state index is 1.11. The van der Waals surface area contributed by atoms with Crippen molar-refractivity contribution in [2.45, 2.75) is 0 Å². The topological polar surface area (TPSA) is 12.9 Å². The molecular formula is C41H27N. The molecule has 196 valence electrons.